The van der Waals surface area contributed by atoms with Crippen molar-refractivity contribution in [3.8, 4) is 11.3 Å². The fourth-order valence-corrected chi connectivity index (χ4v) is 6.06. The summed E-state index contributed by atoms with van der Waals surface area (Å²) in [4.78, 5) is 13.8. The van der Waals surface area contributed by atoms with Crippen molar-refractivity contribution in [2.24, 2.45) is 5.92 Å². The maximum atomic E-state index is 5.00. The van der Waals surface area contributed by atoms with Gasteiger partial charge in [0, 0.05) is 0 Å². The monoisotopic (exact) mass is 481 g/mol. The Morgan fingerprint density at radius 3 is 2.48 bits per heavy atom. The number of nitrogens with zero attached hydrogens (tertiary/aromatic N) is 3. The summed E-state index contributed by atoms with van der Waals surface area (Å²) in [5.41, 5.74) is 9.23. The van der Waals surface area contributed by atoms with Crippen LogP contribution in [0.3, 0.4) is 0 Å². The molecule has 1 aliphatic rings. The van der Waals surface area contributed by atoms with Crippen LogP contribution in [0.5, 0.6) is 0 Å². The molecule has 4 rings (SSSR count). The van der Waals surface area contributed by atoms with Crippen LogP contribution in [-0.4, -0.2) is 46.5 Å². The van der Waals surface area contributed by atoms with Crippen molar-refractivity contribution in [3.05, 3.63) is 42.2 Å². The van der Waals surface area contributed by atoms with Crippen molar-refractivity contribution in [1.82, 2.24) is 15.0 Å². The van der Waals surface area contributed by atoms with Gasteiger partial charge >= 0.3 is 176 Å². The second kappa shape index (κ2) is 8.46. The predicted octanol–water partition coefficient (Wildman–Crippen LogP) is 3.57. The van der Waals surface area contributed by atoms with Gasteiger partial charge in [0.2, 0.25) is 0 Å². The predicted molar refractivity (Wildman–Crippen MR) is 116 cm³/mol. The van der Waals surface area contributed by atoms with Crippen molar-refractivity contribution >= 4 is 51.4 Å². The van der Waals surface area contributed by atoms with E-state index in [0.717, 1.165) is 33.5 Å². The molecular formula is C22H25As2N3. The number of fused-ring (bicyclic) bond motifs is 1. The molecule has 2 aromatic heterocycles. The van der Waals surface area contributed by atoms with Crippen molar-refractivity contribution < 1.29 is 0 Å². The molecule has 2 heterocycles. The van der Waals surface area contributed by atoms with Gasteiger partial charge in [-0.1, -0.05) is 0 Å². The molecule has 2 radical (unpaired) electrons. The van der Waals surface area contributed by atoms with Crippen LogP contribution in [0.1, 0.15) is 37.7 Å². The third kappa shape index (κ3) is 4.30. The number of rotatable bonds is 4. The van der Waals surface area contributed by atoms with Gasteiger partial charge in [0.05, 0.1) is 0 Å². The molecule has 0 amide bonds. The van der Waals surface area contributed by atoms with E-state index in [-0.39, 0.29) is 0 Å². The first-order chi connectivity index (χ1) is 13.1. The first-order valence-corrected chi connectivity index (χ1v) is 15.4. The van der Waals surface area contributed by atoms with E-state index in [1.807, 2.05) is 0 Å². The van der Waals surface area contributed by atoms with E-state index in [4.69, 9.17) is 4.98 Å². The second-order valence-corrected chi connectivity index (χ2v) is 13.4. The normalized spacial score (nSPS) is 15.6. The zero-order chi connectivity index (χ0) is 18.8. The SMILES string of the molecule is C[As](C)c1ccc(-c2nc3ncnc([As])c3cc2CC2CCCCC2)cc1. The van der Waals surface area contributed by atoms with Crippen LogP contribution in [0.4, 0.5) is 0 Å². The summed E-state index contributed by atoms with van der Waals surface area (Å²) in [5.74, 6) is 0.777. The summed E-state index contributed by atoms with van der Waals surface area (Å²) in [6.07, 6.45) is 9.54. The quantitative estimate of drug-likeness (QED) is 0.535. The zero-order valence-corrected chi connectivity index (χ0v) is 19.8. The molecule has 0 N–H and O–H groups in total. The molecule has 0 bridgehead atoms. The summed E-state index contributed by atoms with van der Waals surface area (Å²) in [6, 6.07) is 11.4. The van der Waals surface area contributed by atoms with Gasteiger partial charge in [-0.25, -0.2) is 0 Å². The van der Waals surface area contributed by atoms with Gasteiger partial charge in [0.1, 0.15) is 0 Å². The molecular weight excluding hydrogens is 456 g/mol. The van der Waals surface area contributed by atoms with Crippen LogP contribution in [-0.2, 0) is 6.42 Å². The average Bonchev–Trinajstić information content (AvgIpc) is 2.69. The molecule has 1 saturated carbocycles. The van der Waals surface area contributed by atoms with Crippen LogP contribution in [0.2, 0.25) is 11.4 Å². The molecule has 5 heteroatoms. The Labute approximate surface area is 175 Å². The van der Waals surface area contributed by atoms with E-state index in [1.54, 1.807) is 6.33 Å². The van der Waals surface area contributed by atoms with Crippen LogP contribution >= 0.6 is 0 Å². The van der Waals surface area contributed by atoms with Crippen molar-refractivity contribution in [3.63, 3.8) is 0 Å². The average molecular weight is 481 g/mol. The molecule has 0 aliphatic heterocycles. The molecule has 0 unspecified atom stereocenters. The Morgan fingerprint density at radius 2 is 1.78 bits per heavy atom. The minimum atomic E-state index is -0.842. The fourth-order valence-electron chi connectivity index (χ4n) is 4.04. The van der Waals surface area contributed by atoms with Crippen molar-refractivity contribution in [1.29, 1.82) is 0 Å². The molecule has 3 aromatic rings. The number of hydrogen-bond donors (Lipinski definition) is 0. The van der Waals surface area contributed by atoms with Gasteiger partial charge in [0.25, 0.3) is 0 Å². The summed E-state index contributed by atoms with van der Waals surface area (Å²) in [7, 11) is 0. The van der Waals surface area contributed by atoms with Crippen LogP contribution in [0.25, 0.3) is 22.3 Å². The molecule has 27 heavy (non-hydrogen) atoms. The van der Waals surface area contributed by atoms with E-state index in [2.05, 4.69) is 68.6 Å². The zero-order valence-electron chi connectivity index (χ0n) is 16.0. The molecule has 1 fully saturated rings. The van der Waals surface area contributed by atoms with E-state index in [0.29, 0.717) is 0 Å². The van der Waals surface area contributed by atoms with Crippen LogP contribution in [0.15, 0.2) is 36.7 Å². The second-order valence-electron chi connectivity index (χ2n) is 7.71. The third-order valence-electron chi connectivity index (χ3n) is 5.57. The summed E-state index contributed by atoms with van der Waals surface area (Å²) in [6.45, 7) is 0. The van der Waals surface area contributed by atoms with Gasteiger partial charge in [-0.15, -0.1) is 0 Å². The van der Waals surface area contributed by atoms with Crippen molar-refractivity contribution in [2.45, 2.75) is 49.9 Å². The molecule has 3 nitrogen and oxygen atoms in total. The maximum absolute atomic E-state index is 5.00. The fraction of sp³-hybridized carbons (Fsp3) is 0.409. The first-order valence-electron chi connectivity index (χ1n) is 9.73. The molecule has 0 spiro atoms. The van der Waals surface area contributed by atoms with Crippen LogP contribution < -0.4 is 8.83 Å². The molecule has 1 aromatic carbocycles. The topological polar surface area (TPSA) is 38.7 Å². The molecule has 1 aliphatic carbocycles. The van der Waals surface area contributed by atoms with E-state index in [1.165, 1.54) is 47.6 Å². The van der Waals surface area contributed by atoms with Gasteiger partial charge < -0.3 is 0 Å². The minimum absolute atomic E-state index is 0.777. The van der Waals surface area contributed by atoms with E-state index in [9.17, 15) is 0 Å². The summed E-state index contributed by atoms with van der Waals surface area (Å²) in [5, 5.41) is 1.07. The third-order valence-corrected chi connectivity index (χ3v) is 9.11. The Balaban J connectivity index is 1.79. The van der Waals surface area contributed by atoms with Crippen molar-refractivity contribution in [2.75, 3.05) is 0 Å². The Hall–Kier alpha value is -1.17. The Bertz CT molecular complexity index is 932. The van der Waals surface area contributed by atoms with E-state index < -0.39 is 14.7 Å². The number of pyridine rings is 1. The Kier molecular flexibility index (Phi) is 6.00. The summed E-state index contributed by atoms with van der Waals surface area (Å²) >= 11 is 1.72. The van der Waals surface area contributed by atoms with Crippen LogP contribution in [0, 0.1) is 5.92 Å². The van der Waals surface area contributed by atoms with Gasteiger partial charge in [-0.2, -0.15) is 0 Å². The van der Waals surface area contributed by atoms with Gasteiger partial charge in [-0.05, 0) is 0 Å². The Morgan fingerprint density at radius 1 is 1.04 bits per heavy atom. The standard InChI is InChI=1S/C22H25As2N3/c1-24(2)18-10-8-16(9-11-18)20-17(12-15-6-4-3-5-7-15)13-19-21(23)25-14-26-22(19)27-20/h8-11,13-15H,3-7,12H2,1-2H3. The van der Waals surface area contributed by atoms with Gasteiger partial charge in [0.15, 0.2) is 0 Å². The number of aromatic nitrogens is 3. The molecule has 0 saturated heterocycles. The molecule has 138 valence electrons. The first kappa shape index (κ1) is 19.2. The van der Waals surface area contributed by atoms with Gasteiger partial charge in [-0.3, -0.25) is 0 Å². The number of benzene rings is 1. The van der Waals surface area contributed by atoms with E-state index >= 15 is 0 Å². The molecule has 0 atom stereocenters. The number of hydrogen-bond acceptors (Lipinski definition) is 3. The summed E-state index contributed by atoms with van der Waals surface area (Å²) < 4.78 is 2.47.